The number of halogens is 6. The number of anilines is 1. The summed E-state index contributed by atoms with van der Waals surface area (Å²) in [4.78, 5) is 12.5. The first-order valence-electron chi connectivity index (χ1n) is 5.37. The van der Waals surface area contributed by atoms with Gasteiger partial charge in [-0.25, -0.2) is 4.79 Å². The molecule has 11 heteroatoms. The summed E-state index contributed by atoms with van der Waals surface area (Å²) in [6.45, 7) is -0.322. The Kier molecular flexibility index (Phi) is 4.76. The lowest BCUT2D eigenvalue weighted by Gasteiger charge is -2.16. The second-order valence-corrected chi connectivity index (χ2v) is 6.60. The molecule has 4 nitrogen and oxygen atoms in total. The molecule has 0 unspecified atom stereocenters. The van der Waals surface area contributed by atoms with Crippen LogP contribution in [0.3, 0.4) is 0 Å². The van der Waals surface area contributed by atoms with Gasteiger partial charge in [0.2, 0.25) is 0 Å². The average Bonchev–Trinajstić information content (AvgIpc) is 2.66. The minimum absolute atomic E-state index is 0.0822. The summed E-state index contributed by atoms with van der Waals surface area (Å²) in [5.74, 6) is 0. The lowest BCUT2D eigenvalue weighted by molar-refractivity contribution is -0.137. The van der Waals surface area contributed by atoms with Crippen LogP contribution in [0.4, 0.5) is 28.1 Å². The van der Waals surface area contributed by atoms with Gasteiger partial charge in [-0.05, 0) is 30.1 Å². The van der Waals surface area contributed by atoms with Crippen molar-refractivity contribution in [3.63, 3.8) is 0 Å². The van der Waals surface area contributed by atoms with E-state index in [1.54, 1.807) is 0 Å². The molecule has 0 N–H and O–H groups in total. The fourth-order valence-corrected chi connectivity index (χ4v) is 2.71. The summed E-state index contributed by atoms with van der Waals surface area (Å²) in [6.07, 6.45) is -4.56. The van der Waals surface area contributed by atoms with Gasteiger partial charge in [0.15, 0.2) is 4.17 Å². The number of hydrazine groups is 1. The molecule has 0 saturated carbocycles. The highest BCUT2D eigenvalue weighted by molar-refractivity contribution is 8.00. The zero-order chi connectivity index (χ0) is 15.8. The highest BCUT2D eigenvalue weighted by Gasteiger charge is 2.40. The van der Waals surface area contributed by atoms with Gasteiger partial charge in [0.05, 0.1) is 5.56 Å². The van der Waals surface area contributed by atoms with Crippen molar-refractivity contribution >= 4 is 46.9 Å². The number of urea groups is 1. The van der Waals surface area contributed by atoms with Crippen molar-refractivity contribution in [3.8, 4) is 0 Å². The number of benzene rings is 1. The van der Waals surface area contributed by atoms with Crippen LogP contribution in [0.15, 0.2) is 24.3 Å². The Morgan fingerprint density at radius 2 is 1.95 bits per heavy atom. The fourth-order valence-electron chi connectivity index (χ4n) is 1.64. The van der Waals surface area contributed by atoms with Gasteiger partial charge in [0.25, 0.3) is 0 Å². The monoisotopic (exact) mass is 363 g/mol. The summed E-state index contributed by atoms with van der Waals surface area (Å²) >= 11 is 11.5. The van der Waals surface area contributed by atoms with Crippen LogP contribution in [0.5, 0.6) is 0 Å². The number of hydrogen-bond acceptors (Lipinski definition) is 3. The zero-order valence-corrected chi connectivity index (χ0v) is 12.3. The van der Waals surface area contributed by atoms with Crippen molar-refractivity contribution in [3.05, 3.63) is 29.8 Å². The summed E-state index contributed by atoms with van der Waals surface area (Å²) < 4.78 is 51.3. The molecule has 1 fully saturated rings. The maximum absolute atomic E-state index is 13.6. The van der Waals surface area contributed by atoms with E-state index in [-0.39, 0.29) is 17.6 Å². The zero-order valence-electron chi connectivity index (χ0n) is 10.0. The van der Waals surface area contributed by atoms with Crippen LogP contribution in [0.1, 0.15) is 5.56 Å². The van der Waals surface area contributed by atoms with Crippen molar-refractivity contribution in [2.45, 2.75) is 10.3 Å². The van der Waals surface area contributed by atoms with E-state index in [0.717, 1.165) is 27.5 Å². The number of alkyl halides is 5. The first kappa shape index (κ1) is 16.5. The molecule has 21 heavy (non-hydrogen) atoms. The second-order valence-electron chi connectivity index (χ2n) is 3.88. The molecule has 2 rings (SSSR count). The predicted octanol–water partition coefficient (Wildman–Crippen LogP) is 4.42. The lowest BCUT2D eigenvalue weighted by Crippen LogP contribution is -2.28. The van der Waals surface area contributed by atoms with Crippen molar-refractivity contribution in [2.75, 3.05) is 11.6 Å². The minimum Gasteiger partial charge on any atom is -0.275 e. The van der Waals surface area contributed by atoms with Crippen molar-refractivity contribution in [1.29, 1.82) is 0 Å². The van der Waals surface area contributed by atoms with Crippen LogP contribution in [0.25, 0.3) is 0 Å². The summed E-state index contributed by atoms with van der Waals surface area (Å²) in [5, 5.41) is -0.261. The van der Waals surface area contributed by atoms with Crippen molar-refractivity contribution in [2.24, 2.45) is 0 Å². The molecule has 2 amide bonds. The Balaban J connectivity index is 2.25. The maximum Gasteiger partial charge on any atom is 0.416 e. The number of nitrogens with zero attached hydrogens (tertiary/aromatic N) is 3. The quantitative estimate of drug-likeness (QED) is 0.344. The first-order valence-corrected chi connectivity index (χ1v) is 7.08. The largest absolute Gasteiger partial charge is 0.416 e. The Morgan fingerprint density at radius 3 is 2.52 bits per heavy atom. The van der Waals surface area contributed by atoms with Gasteiger partial charge in [-0.15, -0.1) is 4.41 Å². The number of carbonyl (C=O) groups excluding carboxylic acids is 1. The second kappa shape index (κ2) is 6.07. The highest BCUT2D eigenvalue weighted by Crippen LogP contribution is 2.35. The number of hydrogen-bond donors (Lipinski definition) is 0. The van der Waals surface area contributed by atoms with E-state index in [4.69, 9.17) is 23.2 Å². The highest BCUT2D eigenvalue weighted by atomic mass is 35.5. The first-order chi connectivity index (χ1) is 9.70. The molecule has 1 saturated heterocycles. The fraction of sp³-hybridized carbons (Fsp3) is 0.300. The Bertz CT molecular complexity index is 545. The molecule has 0 bridgehead atoms. The molecule has 0 aliphatic carbocycles. The third kappa shape index (κ3) is 3.65. The SMILES string of the molecule is O=C1N(c2cccc(C(F)(F)F)c2)CN(SC(Cl)Cl)N1F. The van der Waals surface area contributed by atoms with Crippen LogP contribution in [-0.4, -0.2) is 26.5 Å². The van der Waals surface area contributed by atoms with Crippen LogP contribution in [-0.2, 0) is 6.18 Å². The molecule has 1 aliphatic rings. The molecular weight excluding hydrogens is 357 g/mol. The molecular formula is C10H7Cl2F4N3OS. The van der Waals surface area contributed by atoms with E-state index in [1.807, 2.05) is 0 Å². The smallest absolute Gasteiger partial charge is 0.275 e. The van der Waals surface area contributed by atoms with E-state index < -0.39 is 21.9 Å². The molecule has 0 atom stereocenters. The third-order valence-corrected chi connectivity index (χ3v) is 3.67. The van der Waals surface area contributed by atoms with E-state index in [1.165, 1.54) is 6.07 Å². The molecule has 116 valence electrons. The third-order valence-electron chi connectivity index (χ3n) is 2.53. The van der Waals surface area contributed by atoms with Crippen LogP contribution >= 0.6 is 35.1 Å². The molecule has 0 spiro atoms. The van der Waals surface area contributed by atoms with Gasteiger partial charge in [-0.1, -0.05) is 39.0 Å². The van der Waals surface area contributed by atoms with E-state index >= 15 is 0 Å². The Hall–Kier alpha value is -0.900. The van der Waals surface area contributed by atoms with Gasteiger partial charge in [-0.3, -0.25) is 4.90 Å². The van der Waals surface area contributed by atoms with E-state index in [9.17, 15) is 22.4 Å². The van der Waals surface area contributed by atoms with Gasteiger partial charge in [-0.2, -0.15) is 13.2 Å². The van der Waals surface area contributed by atoms with Crippen molar-refractivity contribution in [1.82, 2.24) is 9.65 Å². The molecule has 1 heterocycles. The van der Waals surface area contributed by atoms with E-state index in [0.29, 0.717) is 11.9 Å². The summed E-state index contributed by atoms with van der Waals surface area (Å²) in [5.41, 5.74) is -1.02. The minimum atomic E-state index is -4.56. The molecule has 0 aromatic heterocycles. The number of rotatable bonds is 3. The van der Waals surface area contributed by atoms with E-state index in [2.05, 4.69) is 0 Å². The predicted molar refractivity (Wildman–Crippen MR) is 72.1 cm³/mol. The Morgan fingerprint density at radius 1 is 1.29 bits per heavy atom. The molecule has 1 aromatic carbocycles. The molecule has 0 radical (unpaired) electrons. The Labute approximate surface area is 131 Å². The topological polar surface area (TPSA) is 26.8 Å². The summed E-state index contributed by atoms with van der Waals surface area (Å²) in [6, 6.07) is 2.90. The number of amides is 2. The van der Waals surface area contributed by atoms with Crippen LogP contribution in [0, 0.1) is 0 Å². The van der Waals surface area contributed by atoms with Crippen molar-refractivity contribution < 1.29 is 22.4 Å². The van der Waals surface area contributed by atoms with Gasteiger partial charge >= 0.3 is 12.2 Å². The molecule has 1 aliphatic heterocycles. The molecule has 1 aromatic rings. The lowest BCUT2D eigenvalue weighted by atomic mass is 10.2. The van der Waals surface area contributed by atoms with Crippen LogP contribution < -0.4 is 4.90 Å². The number of carbonyl (C=O) groups is 1. The maximum atomic E-state index is 13.6. The summed E-state index contributed by atoms with van der Waals surface area (Å²) in [7, 11) is 0. The van der Waals surface area contributed by atoms with Crippen LogP contribution in [0.2, 0.25) is 0 Å². The van der Waals surface area contributed by atoms with Gasteiger partial charge in [0, 0.05) is 5.69 Å². The standard InChI is InChI=1S/C10H7Cl2F4N3OS/c11-8(12)21-18-5-17(9(20)19(18)16)7-3-1-2-6(4-7)10(13,14)15/h1-4,8H,5H2. The van der Waals surface area contributed by atoms with Gasteiger partial charge < -0.3 is 0 Å². The van der Waals surface area contributed by atoms with Gasteiger partial charge in [0.1, 0.15) is 6.67 Å². The normalized spacial score (nSPS) is 17.2. The average molecular weight is 364 g/mol.